The average Bonchev–Trinajstić information content (AvgIpc) is 3.29. The first kappa shape index (κ1) is 14.4. The molecule has 4 nitrogen and oxygen atoms in total. The molecule has 5 aliphatic rings. The normalized spacial score (nSPS) is 48.0. The second-order valence-electron chi connectivity index (χ2n) is 8.67. The molecule has 0 unspecified atom stereocenters. The first-order chi connectivity index (χ1) is 12.1. The Morgan fingerprint density at radius 1 is 1.36 bits per heavy atom. The number of hydrogen-bond acceptors (Lipinski definition) is 4. The summed E-state index contributed by atoms with van der Waals surface area (Å²) in [5, 5.41) is 3.92. The van der Waals surface area contributed by atoms with Gasteiger partial charge in [-0.3, -0.25) is 9.69 Å². The van der Waals surface area contributed by atoms with Crippen LogP contribution in [0.25, 0.3) is 0 Å². The van der Waals surface area contributed by atoms with E-state index in [2.05, 4.69) is 53.6 Å². The van der Waals surface area contributed by atoms with Gasteiger partial charge in [0, 0.05) is 29.1 Å². The lowest BCUT2D eigenvalue weighted by molar-refractivity contribution is -0.149. The molecule has 3 fully saturated rings. The van der Waals surface area contributed by atoms with Crippen LogP contribution in [-0.4, -0.2) is 42.6 Å². The van der Waals surface area contributed by atoms with E-state index in [1.165, 1.54) is 18.4 Å². The third kappa shape index (κ3) is 1.19. The number of fused-ring (bicyclic) bond motifs is 1. The summed E-state index contributed by atoms with van der Waals surface area (Å²) in [5.74, 6) is 0.277. The van der Waals surface area contributed by atoms with Crippen molar-refractivity contribution in [2.24, 2.45) is 17.3 Å². The molecule has 2 aliphatic carbocycles. The predicted molar refractivity (Wildman–Crippen MR) is 95.3 cm³/mol. The van der Waals surface area contributed by atoms with Gasteiger partial charge in [-0.05, 0) is 36.9 Å². The zero-order valence-electron chi connectivity index (χ0n) is 14.8. The SMILES string of the molecule is COC(=O)[C@@H]1C[C@]23C=CCN4CC[C@@]5(c6ccccc6N[C@@]15[C@H]2C)[C@@H]43. The number of rotatable bonds is 1. The maximum absolute atomic E-state index is 12.9. The van der Waals surface area contributed by atoms with Crippen LogP contribution in [-0.2, 0) is 14.9 Å². The Kier molecular flexibility index (Phi) is 2.37. The van der Waals surface area contributed by atoms with Crippen molar-refractivity contribution >= 4 is 11.7 Å². The summed E-state index contributed by atoms with van der Waals surface area (Å²) in [6.45, 7) is 4.53. The van der Waals surface area contributed by atoms with Gasteiger partial charge in [0.05, 0.1) is 18.6 Å². The highest BCUT2D eigenvalue weighted by Gasteiger charge is 2.85. The van der Waals surface area contributed by atoms with Crippen LogP contribution in [0.4, 0.5) is 5.69 Å². The lowest BCUT2D eigenvalue weighted by Crippen LogP contribution is -2.63. The van der Waals surface area contributed by atoms with Gasteiger partial charge in [-0.25, -0.2) is 0 Å². The minimum Gasteiger partial charge on any atom is -0.469 e. The molecule has 1 N–H and O–H groups in total. The average molecular weight is 336 g/mol. The molecule has 0 aromatic heterocycles. The van der Waals surface area contributed by atoms with Crippen LogP contribution in [0.15, 0.2) is 36.4 Å². The van der Waals surface area contributed by atoms with Crippen molar-refractivity contribution < 1.29 is 9.53 Å². The molecule has 0 radical (unpaired) electrons. The molecular weight excluding hydrogens is 312 g/mol. The number of nitrogens with zero attached hydrogens (tertiary/aromatic N) is 1. The molecule has 4 heteroatoms. The minimum absolute atomic E-state index is 0.0187. The highest BCUT2D eigenvalue weighted by atomic mass is 16.5. The predicted octanol–water partition coefficient (Wildman–Crippen LogP) is 2.56. The maximum Gasteiger partial charge on any atom is 0.311 e. The number of esters is 1. The first-order valence-corrected chi connectivity index (χ1v) is 9.49. The topological polar surface area (TPSA) is 41.6 Å². The maximum atomic E-state index is 12.9. The van der Waals surface area contributed by atoms with Gasteiger partial charge in [-0.2, -0.15) is 0 Å². The summed E-state index contributed by atoms with van der Waals surface area (Å²) in [6, 6.07) is 9.25. The van der Waals surface area contributed by atoms with Crippen molar-refractivity contribution in [2.45, 2.75) is 36.8 Å². The monoisotopic (exact) mass is 336 g/mol. The molecule has 1 aromatic carbocycles. The minimum atomic E-state index is -0.224. The van der Waals surface area contributed by atoms with E-state index in [0.29, 0.717) is 12.0 Å². The van der Waals surface area contributed by atoms with Crippen molar-refractivity contribution in [2.75, 3.05) is 25.5 Å². The molecule has 6 atom stereocenters. The van der Waals surface area contributed by atoms with Gasteiger partial charge >= 0.3 is 5.97 Å². The summed E-state index contributed by atoms with van der Waals surface area (Å²) in [5.41, 5.74) is 2.53. The molecule has 2 saturated carbocycles. The highest BCUT2D eigenvalue weighted by molar-refractivity contribution is 5.82. The Bertz CT molecular complexity index is 835. The Balaban J connectivity index is 1.69. The number of anilines is 1. The number of nitrogens with one attached hydrogen (secondary N) is 1. The summed E-state index contributed by atoms with van der Waals surface area (Å²) in [4.78, 5) is 15.6. The van der Waals surface area contributed by atoms with E-state index >= 15 is 0 Å². The number of carbonyl (C=O) groups excluding carboxylic acids is 1. The third-order valence-electron chi connectivity index (χ3n) is 8.47. The van der Waals surface area contributed by atoms with E-state index in [1.54, 1.807) is 0 Å². The lowest BCUT2D eigenvalue weighted by atomic mass is 9.57. The molecule has 130 valence electrons. The lowest BCUT2D eigenvalue weighted by Gasteiger charge is -2.50. The van der Waals surface area contributed by atoms with Crippen molar-refractivity contribution in [3.8, 4) is 0 Å². The van der Waals surface area contributed by atoms with Crippen molar-refractivity contribution in [3.63, 3.8) is 0 Å². The van der Waals surface area contributed by atoms with E-state index < -0.39 is 0 Å². The first-order valence-electron chi connectivity index (χ1n) is 9.49. The van der Waals surface area contributed by atoms with E-state index in [9.17, 15) is 4.79 Å². The Hall–Kier alpha value is -1.81. The molecule has 3 spiro atoms. The summed E-state index contributed by atoms with van der Waals surface area (Å²) >= 11 is 0. The zero-order chi connectivity index (χ0) is 17.0. The van der Waals surface area contributed by atoms with Crippen molar-refractivity contribution in [1.82, 2.24) is 4.90 Å². The third-order valence-corrected chi connectivity index (χ3v) is 8.47. The molecule has 2 bridgehead atoms. The molecule has 0 amide bonds. The van der Waals surface area contributed by atoms with Crippen LogP contribution in [0.3, 0.4) is 0 Å². The van der Waals surface area contributed by atoms with E-state index in [4.69, 9.17) is 4.74 Å². The Labute approximate surface area is 148 Å². The Morgan fingerprint density at radius 2 is 2.20 bits per heavy atom. The number of methoxy groups -OCH3 is 1. The summed E-state index contributed by atoms with van der Waals surface area (Å²) < 4.78 is 5.30. The van der Waals surface area contributed by atoms with Gasteiger partial charge in [0.15, 0.2) is 0 Å². The molecule has 1 aromatic rings. The molecule has 6 rings (SSSR count). The van der Waals surface area contributed by atoms with E-state index in [0.717, 1.165) is 25.9 Å². The largest absolute Gasteiger partial charge is 0.469 e. The van der Waals surface area contributed by atoms with Crippen LogP contribution in [0.5, 0.6) is 0 Å². The number of ether oxygens (including phenoxy) is 1. The van der Waals surface area contributed by atoms with Crippen molar-refractivity contribution in [1.29, 1.82) is 0 Å². The number of carbonyl (C=O) groups is 1. The zero-order valence-corrected chi connectivity index (χ0v) is 14.8. The van der Waals surface area contributed by atoms with Gasteiger partial charge in [-0.15, -0.1) is 0 Å². The van der Waals surface area contributed by atoms with Crippen LogP contribution in [0.1, 0.15) is 25.3 Å². The second kappa shape index (κ2) is 4.12. The van der Waals surface area contributed by atoms with Gasteiger partial charge in [0.1, 0.15) is 0 Å². The standard InChI is InChI=1S/C21H24N2O2/c1-13-19-8-5-10-23-11-9-20(18(19)23)14-6-3-4-7-16(14)22-21(13,20)15(12-19)17(24)25-2/h3-8,13,15,18,22H,9-12H2,1-2H3/t13-,15-,18-,19+,20+,21-/m0/s1. The molecule has 3 heterocycles. The highest BCUT2D eigenvalue weighted by Crippen LogP contribution is 2.78. The van der Waals surface area contributed by atoms with Gasteiger partial charge in [-0.1, -0.05) is 37.3 Å². The summed E-state index contributed by atoms with van der Waals surface area (Å²) in [6.07, 6.45) is 6.83. The molecule has 3 aliphatic heterocycles. The quantitative estimate of drug-likeness (QED) is 0.632. The fourth-order valence-electron chi connectivity index (χ4n) is 7.93. The van der Waals surface area contributed by atoms with E-state index in [-0.39, 0.29) is 28.3 Å². The van der Waals surface area contributed by atoms with Crippen LogP contribution >= 0.6 is 0 Å². The number of benzene rings is 1. The smallest absolute Gasteiger partial charge is 0.311 e. The molecule has 1 saturated heterocycles. The number of para-hydroxylation sites is 1. The van der Waals surface area contributed by atoms with Crippen molar-refractivity contribution in [3.05, 3.63) is 42.0 Å². The fraction of sp³-hybridized carbons (Fsp3) is 0.571. The van der Waals surface area contributed by atoms with E-state index in [1.807, 2.05) is 0 Å². The fourth-order valence-corrected chi connectivity index (χ4v) is 7.93. The van der Waals surface area contributed by atoms with Gasteiger partial charge in [0.2, 0.25) is 0 Å². The van der Waals surface area contributed by atoms with Gasteiger partial charge in [0.25, 0.3) is 0 Å². The second-order valence-corrected chi connectivity index (χ2v) is 8.67. The number of hydrogen-bond donors (Lipinski definition) is 1. The summed E-state index contributed by atoms with van der Waals surface area (Å²) in [7, 11) is 1.54. The molecule has 25 heavy (non-hydrogen) atoms. The Morgan fingerprint density at radius 3 is 3.04 bits per heavy atom. The van der Waals surface area contributed by atoms with Crippen LogP contribution in [0.2, 0.25) is 0 Å². The molecular formula is C21H24N2O2. The van der Waals surface area contributed by atoms with Gasteiger partial charge < -0.3 is 10.1 Å². The van der Waals surface area contributed by atoms with Crippen LogP contribution < -0.4 is 5.32 Å². The van der Waals surface area contributed by atoms with Crippen LogP contribution in [0, 0.1) is 17.3 Å².